The van der Waals surface area contributed by atoms with Gasteiger partial charge in [0.1, 0.15) is 5.82 Å². The van der Waals surface area contributed by atoms with Gasteiger partial charge >= 0.3 is 6.18 Å². The predicted molar refractivity (Wildman–Crippen MR) is 113 cm³/mol. The van der Waals surface area contributed by atoms with E-state index in [2.05, 4.69) is 0 Å². The normalized spacial score (nSPS) is 20.2. The zero-order valence-electron chi connectivity index (χ0n) is 17.2. The number of carbonyl (C=O) groups is 1. The van der Waals surface area contributed by atoms with Gasteiger partial charge in [0.15, 0.2) is 0 Å². The number of sulfonamides is 1. The quantitative estimate of drug-likeness (QED) is 0.580. The minimum Gasteiger partial charge on any atom is -0.321 e. The summed E-state index contributed by atoms with van der Waals surface area (Å²) >= 11 is 5.62. The largest absolute Gasteiger partial charge is 0.418 e. The lowest BCUT2D eigenvalue weighted by Crippen LogP contribution is -2.42. The average molecular weight is 493 g/mol. The molecular formula is C21H21ClF4N2O3S. The molecule has 0 aliphatic carbocycles. The van der Waals surface area contributed by atoms with Crippen LogP contribution in [0.5, 0.6) is 0 Å². The molecule has 0 aromatic heterocycles. The molecule has 1 amide bonds. The number of alkyl halides is 3. The number of amides is 1. The monoisotopic (exact) mass is 492 g/mol. The molecule has 2 aromatic rings. The Balaban J connectivity index is 1.94. The van der Waals surface area contributed by atoms with Crippen molar-refractivity contribution in [1.29, 1.82) is 0 Å². The number of anilines is 1. The number of hydrogen-bond acceptors (Lipinski definition) is 3. The van der Waals surface area contributed by atoms with Crippen LogP contribution in [-0.4, -0.2) is 31.7 Å². The van der Waals surface area contributed by atoms with Gasteiger partial charge in [-0.05, 0) is 54.7 Å². The molecule has 174 valence electrons. The second kappa shape index (κ2) is 8.99. The first kappa shape index (κ1) is 24.5. The van der Waals surface area contributed by atoms with E-state index in [0.29, 0.717) is 6.07 Å². The molecule has 0 radical (unpaired) electrons. The number of nitrogens with one attached hydrogen (secondary N) is 1. The maximum absolute atomic E-state index is 14.4. The van der Waals surface area contributed by atoms with Crippen LogP contribution >= 0.6 is 11.6 Å². The van der Waals surface area contributed by atoms with Crippen molar-refractivity contribution in [2.45, 2.75) is 31.3 Å². The van der Waals surface area contributed by atoms with Crippen LogP contribution in [0.2, 0.25) is 5.02 Å². The van der Waals surface area contributed by atoms with Crippen LogP contribution in [0.25, 0.3) is 0 Å². The molecule has 3 rings (SSSR count). The van der Waals surface area contributed by atoms with E-state index in [9.17, 15) is 30.8 Å². The molecular weight excluding hydrogens is 472 g/mol. The molecule has 11 heteroatoms. The van der Waals surface area contributed by atoms with Crippen molar-refractivity contribution in [2.24, 2.45) is 11.8 Å². The summed E-state index contributed by atoms with van der Waals surface area (Å²) in [4.78, 5) is 12.3. The lowest BCUT2D eigenvalue weighted by Gasteiger charge is -2.34. The van der Waals surface area contributed by atoms with Crippen LogP contribution in [0.15, 0.2) is 41.3 Å². The van der Waals surface area contributed by atoms with E-state index in [1.165, 1.54) is 4.31 Å². The van der Waals surface area contributed by atoms with Crippen LogP contribution < -0.4 is 5.32 Å². The van der Waals surface area contributed by atoms with E-state index in [1.54, 1.807) is 0 Å². The molecule has 0 bridgehead atoms. The number of halogens is 5. The summed E-state index contributed by atoms with van der Waals surface area (Å²) in [5, 5.41) is 1.81. The molecule has 2 aromatic carbocycles. The fraction of sp³-hybridized carbons (Fsp3) is 0.381. The highest BCUT2D eigenvalue weighted by molar-refractivity contribution is 7.89. The topological polar surface area (TPSA) is 66.5 Å². The standard InChI is InChI=1S/C21H21ClF4N2O3S/c1-12-7-13(2)11-28(10-12)32(30,31)15-4-5-18(23)16(9-15)20(29)27-19-6-3-14(22)8-17(19)21(24,25)26/h3-6,8-9,12-13H,7,10-11H2,1-2H3,(H,27,29). The smallest absolute Gasteiger partial charge is 0.321 e. The summed E-state index contributed by atoms with van der Waals surface area (Å²) in [6.45, 7) is 4.41. The fourth-order valence-corrected chi connectivity index (χ4v) is 5.72. The number of benzene rings is 2. The third-order valence-corrected chi connectivity index (χ3v) is 7.25. The third kappa shape index (κ3) is 5.24. The molecule has 2 unspecified atom stereocenters. The van der Waals surface area contributed by atoms with Gasteiger partial charge in [-0.1, -0.05) is 25.4 Å². The highest BCUT2D eigenvalue weighted by Gasteiger charge is 2.35. The van der Waals surface area contributed by atoms with Gasteiger partial charge < -0.3 is 5.32 Å². The summed E-state index contributed by atoms with van der Waals surface area (Å²) in [7, 11) is -4.02. The van der Waals surface area contributed by atoms with Crippen molar-refractivity contribution < 1.29 is 30.8 Å². The summed E-state index contributed by atoms with van der Waals surface area (Å²) < 4.78 is 81.6. The Labute approximate surface area is 188 Å². The van der Waals surface area contributed by atoms with E-state index in [0.717, 1.165) is 36.8 Å². The van der Waals surface area contributed by atoms with E-state index in [1.807, 2.05) is 19.2 Å². The van der Waals surface area contributed by atoms with Crippen molar-refractivity contribution in [3.05, 3.63) is 58.4 Å². The fourth-order valence-electron chi connectivity index (χ4n) is 3.84. The van der Waals surface area contributed by atoms with Gasteiger partial charge in [-0.25, -0.2) is 12.8 Å². The summed E-state index contributed by atoms with van der Waals surface area (Å²) in [6.07, 6.45) is -3.95. The highest BCUT2D eigenvalue weighted by Crippen LogP contribution is 2.37. The zero-order chi connectivity index (χ0) is 23.8. The minimum absolute atomic E-state index is 0.127. The number of piperidine rings is 1. The van der Waals surface area contributed by atoms with Gasteiger partial charge in [0, 0.05) is 18.1 Å². The molecule has 2 atom stereocenters. The van der Waals surface area contributed by atoms with Crippen LogP contribution in [0.1, 0.15) is 36.2 Å². The van der Waals surface area contributed by atoms with E-state index in [-0.39, 0.29) is 34.8 Å². The Bertz CT molecular complexity index is 1130. The maximum Gasteiger partial charge on any atom is 0.418 e. The molecule has 32 heavy (non-hydrogen) atoms. The first-order chi connectivity index (χ1) is 14.8. The summed E-state index contributed by atoms with van der Waals surface area (Å²) in [6, 6.07) is 5.40. The highest BCUT2D eigenvalue weighted by atomic mass is 35.5. The Hall–Kier alpha value is -2.17. The molecule has 1 aliphatic heterocycles. The van der Waals surface area contributed by atoms with Crippen molar-refractivity contribution in [3.63, 3.8) is 0 Å². The lowest BCUT2D eigenvalue weighted by atomic mass is 9.94. The minimum atomic E-state index is -4.82. The Morgan fingerprint density at radius 1 is 1.09 bits per heavy atom. The first-order valence-corrected chi connectivity index (χ1v) is 11.6. The number of hydrogen-bond donors (Lipinski definition) is 1. The van der Waals surface area contributed by atoms with Gasteiger partial charge in [0.2, 0.25) is 10.0 Å². The van der Waals surface area contributed by atoms with Gasteiger partial charge in [0.25, 0.3) is 5.91 Å². The van der Waals surface area contributed by atoms with Crippen molar-refractivity contribution in [1.82, 2.24) is 4.31 Å². The van der Waals surface area contributed by atoms with E-state index >= 15 is 0 Å². The molecule has 0 spiro atoms. The second-order valence-electron chi connectivity index (χ2n) is 8.05. The van der Waals surface area contributed by atoms with Crippen LogP contribution in [0.4, 0.5) is 23.2 Å². The Morgan fingerprint density at radius 3 is 2.31 bits per heavy atom. The molecule has 0 saturated carbocycles. The van der Waals surface area contributed by atoms with E-state index in [4.69, 9.17) is 11.6 Å². The molecule has 1 fully saturated rings. The average Bonchev–Trinajstić information content (AvgIpc) is 2.68. The molecule has 1 heterocycles. The van der Waals surface area contributed by atoms with Crippen molar-refractivity contribution in [3.8, 4) is 0 Å². The van der Waals surface area contributed by atoms with Gasteiger partial charge in [-0.3, -0.25) is 4.79 Å². The lowest BCUT2D eigenvalue weighted by molar-refractivity contribution is -0.136. The van der Waals surface area contributed by atoms with Crippen molar-refractivity contribution in [2.75, 3.05) is 18.4 Å². The van der Waals surface area contributed by atoms with Gasteiger partial charge in [0.05, 0.1) is 21.7 Å². The molecule has 5 nitrogen and oxygen atoms in total. The maximum atomic E-state index is 14.4. The zero-order valence-corrected chi connectivity index (χ0v) is 18.8. The second-order valence-corrected chi connectivity index (χ2v) is 10.4. The third-order valence-electron chi connectivity index (χ3n) is 5.19. The molecule has 1 aliphatic rings. The van der Waals surface area contributed by atoms with Gasteiger partial charge in [-0.15, -0.1) is 0 Å². The van der Waals surface area contributed by atoms with Crippen LogP contribution in [0.3, 0.4) is 0 Å². The number of carbonyl (C=O) groups excluding carboxylic acids is 1. The summed E-state index contributed by atoms with van der Waals surface area (Å²) in [5.41, 5.74) is -2.52. The Kier molecular flexibility index (Phi) is 6.88. The molecule has 1 saturated heterocycles. The first-order valence-electron chi connectivity index (χ1n) is 9.77. The van der Waals surface area contributed by atoms with Crippen LogP contribution in [-0.2, 0) is 16.2 Å². The molecule has 1 N–H and O–H groups in total. The summed E-state index contributed by atoms with van der Waals surface area (Å²) in [5.74, 6) is -2.03. The van der Waals surface area contributed by atoms with Crippen molar-refractivity contribution >= 4 is 33.2 Å². The number of rotatable bonds is 4. The van der Waals surface area contributed by atoms with Crippen LogP contribution in [0, 0.1) is 17.7 Å². The Morgan fingerprint density at radius 2 is 1.72 bits per heavy atom. The van der Waals surface area contributed by atoms with Gasteiger partial charge in [-0.2, -0.15) is 17.5 Å². The van der Waals surface area contributed by atoms with E-state index < -0.39 is 44.7 Å². The number of nitrogens with zero attached hydrogens (tertiary/aromatic N) is 1. The predicted octanol–water partition coefficient (Wildman–Crippen LogP) is 5.42. The SMILES string of the molecule is CC1CC(C)CN(S(=O)(=O)c2ccc(F)c(C(=O)Nc3ccc(Cl)cc3C(F)(F)F)c2)C1.